The van der Waals surface area contributed by atoms with Crippen LogP contribution < -0.4 is 10.1 Å². The monoisotopic (exact) mass is 329 g/mol. The van der Waals surface area contributed by atoms with Gasteiger partial charge in [0.2, 0.25) is 5.88 Å². The highest BCUT2D eigenvalue weighted by molar-refractivity contribution is 5.29. The Hall–Kier alpha value is -1.98. The first-order chi connectivity index (χ1) is 11.6. The van der Waals surface area contributed by atoms with Gasteiger partial charge in [0.25, 0.3) is 0 Å². The normalized spacial score (nSPS) is 19.2. The lowest BCUT2D eigenvalue weighted by molar-refractivity contribution is 0.218. The molecule has 1 aromatic carbocycles. The Kier molecular flexibility index (Phi) is 5.43. The minimum atomic E-state index is -0.319. The Morgan fingerprint density at radius 1 is 1.29 bits per heavy atom. The van der Waals surface area contributed by atoms with Gasteiger partial charge in [-0.15, -0.1) is 0 Å². The number of pyridine rings is 1. The van der Waals surface area contributed by atoms with Crippen LogP contribution in [0.15, 0.2) is 42.6 Å². The van der Waals surface area contributed by atoms with Crippen LogP contribution in [0.3, 0.4) is 0 Å². The highest BCUT2D eigenvalue weighted by atomic mass is 19.1. The van der Waals surface area contributed by atoms with Crippen LogP contribution in [0.25, 0.3) is 0 Å². The van der Waals surface area contributed by atoms with Gasteiger partial charge < -0.3 is 10.1 Å². The van der Waals surface area contributed by atoms with E-state index in [-0.39, 0.29) is 11.9 Å². The maximum Gasteiger partial charge on any atom is 0.219 e. The number of nitrogens with one attached hydrogen (secondary N) is 1. The van der Waals surface area contributed by atoms with E-state index in [1.54, 1.807) is 12.1 Å². The molecule has 1 aliphatic rings. The van der Waals surface area contributed by atoms with E-state index in [1.165, 1.54) is 12.1 Å². The number of benzene rings is 1. The summed E-state index contributed by atoms with van der Waals surface area (Å²) in [7, 11) is 0. The summed E-state index contributed by atoms with van der Waals surface area (Å²) >= 11 is 0. The van der Waals surface area contributed by atoms with Gasteiger partial charge in [0.15, 0.2) is 0 Å². The molecular weight excluding hydrogens is 305 g/mol. The zero-order valence-corrected chi connectivity index (χ0v) is 14.2. The van der Waals surface area contributed by atoms with Crippen molar-refractivity contribution in [3.8, 4) is 11.6 Å². The minimum Gasteiger partial charge on any atom is -0.439 e. The third kappa shape index (κ3) is 4.30. The number of nitrogens with zero attached hydrogens (tertiary/aromatic N) is 2. The number of hydrogen-bond acceptors (Lipinski definition) is 4. The van der Waals surface area contributed by atoms with Gasteiger partial charge in [-0.3, -0.25) is 4.90 Å². The number of aromatic nitrogens is 1. The van der Waals surface area contributed by atoms with E-state index < -0.39 is 0 Å². The molecule has 24 heavy (non-hydrogen) atoms. The lowest BCUT2D eigenvalue weighted by atomic mass is 10.1. The fourth-order valence-electron chi connectivity index (χ4n) is 2.95. The van der Waals surface area contributed by atoms with Crippen molar-refractivity contribution >= 4 is 0 Å². The molecule has 1 fully saturated rings. The van der Waals surface area contributed by atoms with Crippen molar-refractivity contribution in [1.82, 2.24) is 15.2 Å². The fraction of sp³-hybridized carbons (Fsp3) is 0.421. The zero-order valence-electron chi connectivity index (χ0n) is 14.2. The standard InChI is InChI=1S/C19H24FN3O/c1-14(2)23-10-4-9-21-18(13-23)15-7-8-19(22-12-15)24-17-6-3-5-16(20)11-17/h3,5-8,11-12,14,18,21H,4,9-10,13H2,1-2H3. The Morgan fingerprint density at radius 2 is 2.17 bits per heavy atom. The van der Waals surface area contributed by atoms with Crippen molar-refractivity contribution in [2.45, 2.75) is 32.4 Å². The maximum absolute atomic E-state index is 13.2. The van der Waals surface area contributed by atoms with E-state index in [9.17, 15) is 4.39 Å². The number of hydrogen-bond donors (Lipinski definition) is 1. The molecule has 1 aromatic heterocycles. The summed E-state index contributed by atoms with van der Waals surface area (Å²) in [5, 5.41) is 3.59. The molecule has 0 spiro atoms. The first-order valence-electron chi connectivity index (χ1n) is 8.48. The molecule has 1 N–H and O–H groups in total. The van der Waals surface area contributed by atoms with Crippen LogP contribution in [-0.4, -0.2) is 35.6 Å². The molecular formula is C19H24FN3O. The molecule has 1 saturated heterocycles. The smallest absolute Gasteiger partial charge is 0.219 e. The van der Waals surface area contributed by atoms with Crippen molar-refractivity contribution < 1.29 is 9.13 Å². The molecule has 0 saturated carbocycles. The lowest BCUT2D eigenvalue weighted by Gasteiger charge is -2.27. The van der Waals surface area contributed by atoms with Crippen LogP contribution in [0.1, 0.15) is 31.9 Å². The zero-order chi connectivity index (χ0) is 16.9. The SMILES string of the molecule is CC(C)N1CCCNC(c2ccc(Oc3cccc(F)c3)nc2)C1. The molecule has 0 amide bonds. The first-order valence-corrected chi connectivity index (χ1v) is 8.48. The first kappa shape index (κ1) is 16.9. The highest BCUT2D eigenvalue weighted by Gasteiger charge is 2.21. The van der Waals surface area contributed by atoms with Gasteiger partial charge >= 0.3 is 0 Å². The summed E-state index contributed by atoms with van der Waals surface area (Å²) in [6.45, 7) is 7.57. The Balaban J connectivity index is 1.69. The van der Waals surface area contributed by atoms with Gasteiger partial charge in [0.1, 0.15) is 11.6 Å². The summed E-state index contributed by atoms with van der Waals surface area (Å²) in [6.07, 6.45) is 3.00. The molecule has 1 aliphatic heterocycles. The van der Waals surface area contributed by atoms with Crippen LogP contribution in [-0.2, 0) is 0 Å². The molecule has 128 valence electrons. The van der Waals surface area contributed by atoms with E-state index in [4.69, 9.17) is 4.74 Å². The van der Waals surface area contributed by atoms with Crippen LogP contribution in [0.4, 0.5) is 4.39 Å². The second-order valence-corrected chi connectivity index (χ2v) is 6.44. The predicted molar refractivity (Wildman–Crippen MR) is 92.8 cm³/mol. The van der Waals surface area contributed by atoms with Crippen molar-refractivity contribution in [3.63, 3.8) is 0 Å². The van der Waals surface area contributed by atoms with Gasteiger partial charge in [0.05, 0.1) is 0 Å². The van der Waals surface area contributed by atoms with Crippen LogP contribution in [0.5, 0.6) is 11.6 Å². The summed E-state index contributed by atoms with van der Waals surface area (Å²) in [5.74, 6) is 0.605. The minimum absolute atomic E-state index is 0.269. The molecule has 3 rings (SSSR count). The molecule has 1 atom stereocenters. The Labute approximate surface area is 142 Å². The molecule has 0 bridgehead atoms. The average Bonchev–Trinajstić information content (AvgIpc) is 2.82. The topological polar surface area (TPSA) is 37.4 Å². The molecule has 2 heterocycles. The summed E-state index contributed by atoms with van der Waals surface area (Å²) in [6, 6.07) is 10.8. The number of rotatable bonds is 4. The highest BCUT2D eigenvalue weighted by Crippen LogP contribution is 2.23. The number of ether oxygens (including phenoxy) is 1. The number of halogens is 1. The van der Waals surface area contributed by atoms with Crippen molar-refractivity contribution in [3.05, 3.63) is 54.0 Å². The molecule has 0 radical (unpaired) electrons. The van der Waals surface area contributed by atoms with Gasteiger partial charge in [-0.1, -0.05) is 12.1 Å². The quantitative estimate of drug-likeness (QED) is 0.927. The Morgan fingerprint density at radius 3 is 2.88 bits per heavy atom. The van der Waals surface area contributed by atoms with E-state index in [1.807, 2.05) is 18.3 Å². The average molecular weight is 329 g/mol. The van der Waals surface area contributed by atoms with Crippen molar-refractivity contribution in [2.24, 2.45) is 0 Å². The molecule has 0 aliphatic carbocycles. The summed E-state index contributed by atoms with van der Waals surface area (Å²) in [5.41, 5.74) is 1.15. The van der Waals surface area contributed by atoms with Crippen molar-refractivity contribution in [1.29, 1.82) is 0 Å². The maximum atomic E-state index is 13.2. The predicted octanol–water partition coefficient (Wildman–Crippen LogP) is 3.76. The van der Waals surface area contributed by atoms with Crippen LogP contribution >= 0.6 is 0 Å². The van der Waals surface area contributed by atoms with Crippen LogP contribution in [0.2, 0.25) is 0 Å². The summed E-state index contributed by atoms with van der Waals surface area (Å²) < 4.78 is 18.8. The van der Waals surface area contributed by atoms with E-state index in [0.29, 0.717) is 17.7 Å². The van der Waals surface area contributed by atoms with Gasteiger partial charge in [-0.05, 0) is 51.1 Å². The van der Waals surface area contributed by atoms with Gasteiger partial charge in [-0.25, -0.2) is 9.37 Å². The van der Waals surface area contributed by atoms with Gasteiger partial charge in [-0.2, -0.15) is 0 Å². The molecule has 1 unspecified atom stereocenters. The fourth-order valence-corrected chi connectivity index (χ4v) is 2.95. The van der Waals surface area contributed by atoms with Gasteiger partial charge in [0, 0.05) is 37.0 Å². The second-order valence-electron chi connectivity index (χ2n) is 6.44. The third-order valence-electron chi connectivity index (χ3n) is 4.34. The lowest BCUT2D eigenvalue weighted by Crippen LogP contribution is -2.36. The van der Waals surface area contributed by atoms with Crippen molar-refractivity contribution in [2.75, 3.05) is 19.6 Å². The van der Waals surface area contributed by atoms with Crippen LogP contribution in [0, 0.1) is 5.82 Å². The summed E-state index contributed by atoms with van der Waals surface area (Å²) in [4.78, 5) is 6.86. The van der Waals surface area contributed by atoms with E-state index in [2.05, 4.69) is 29.0 Å². The molecule has 2 aromatic rings. The van der Waals surface area contributed by atoms with E-state index in [0.717, 1.165) is 31.6 Å². The van der Waals surface area contributed by atoms with E-state index >= 15 is 0 Å². The third-order valence-corrected chi connectivity index (χ3v) is 4.34. The largest absolute Gasteiger partial charge is 0.439 e. The molecule has 5 heteroatoms. The molecule has 4 nitrogen and oxygen atoms in total. The second kappa shape index (κ2) is 7.73. The Bertz CT molecular complexity index is 660.